The molecular weight excluding hydrogens is 269 g/mol. The molecular formula is C5H7F6O4P. The second-order valence-electron chi connectivity index (χ2n) is 2.62. The van der Waals surface area contributed by atoms with E-state index in [-0.39, 0.29) is 0 Å². The van der Waals surface area contributed by atoms with Crippen molar-refractivity contribution in [2.75, 3.05) is 0 Å². The van der Waals surface area contributed by atoms with E-state index in [0.29, 0.717) is 0 Å². The molecule has 0 aromatic heterocycles. The molecule has 2 atom stereocenters. The lowest BCUT2D eigenvalue weighted by molar-refractivity contribution is -0.0932. The van der Waals surface area contributed by atoms with Gasteiger partial charge in [0.25, 0.3) is 12.9 Å². The van der Waals surface area contributed by atoms with Crippen molar-refractivity contribution in [3.8, 4) is 0 Å². The topological polar surface area (TPSA) is 66.8 Å². The number of hydrogen-bond acceptors (Lipinski definition) is 2. The van der Waals surface area contributed by atoms with Crippen molar-refractivity contribution in [2.45, 2.75) is 31.3 Å². The highest BCUT2D eigenvalue weighted by atomic mass is 31.2. The highest BCUT2D eigenvalue weighted by Gasteiger charge is 2.44. The Morgan fingerprint density at radius 2 is 1.19 bits per heavy atom. The molecule has 0 saturated carbocycles. The molecule has 0 aromatic rings. The van der Waals surface area contributed by atoms with Gasteiger partial charge in [0, 0.05) is 0 Å². The zero-order valence-corrected chi connectivity index (χ0v) is 8.21. The van der Waals surface area contributed by atoms with Crippen LogP contribution < -0.4 is 0 Å². The molecule has 0 aliphatic rings. The molecule has 11 heteroatoms. The predicted octanol–water partition coefficient (Wildman–Crippen LogP) is 1.67. The molecule has 0 aliphatic carbocycles. The van der Waals surface area contributed by atoms with E-state index in [0.717, 1.165) is 0 Å². The molecule has 0 bridgehead atoms. The molecule has 0 aliphatic heterocycles. The van der Waals surface area contributed by atoms with E-state index in [9.17, 15) is 30.9 Å². The van der Waals surface area contributed by atoms with Gasteiger partial charge in [0.05, 0.1) is 0 Å². The van der Waals surface area contributed by atoms with Crippen molar-refractivity contribution in [3.63, 3.8) is 0 Å². The molecule has 2 unspecified atom stereocenters. The first-order chi connectivity index (χ1) is 7.06. The Hall–Kier alpha value is -0.310. The van der Waals surface area contributed by atoms with Crippen molar-refractivity contribution in [3.05, 3.63) is 0 Å². The molecule has 0 amide bonds. The molecule has 0 saturated heterocycles. The molecule has 4 nitrogen and oxygen atoms in total. The smallest absolute Gasteiger partial charge is 0.303 e. The van der Waals surface area contributed by atoms with E-state index in [1.807, 2.05) is 0 Å². The molecule has 0 fully saturated rings. The molecule has 2 N–H and O–H groups in total. The van der Waals surface area contributed by atoms with Crippen LogP contribution in [-0.2, 0) is 9.09 Å². The maximum Gasteiger partial charge on any atom is 0.470 e. The zero-order chi connectivity index (χ0) is 13.1. The van der Waals surface area contributed by atoms with Crippen molar-refractivity contribution in [1.29, 1.82) is 0 Å². The van der Waals surface area contributed by atoms with Crippen molar-refractivity contribution >= 4 is 7.82 Å². The first-order valence-electron chi connectivity index (χ1n) is 3.64. The van der Waals surface area contributed by atoms with Crippen molar-refractivity contribution < 1.29 is 45.2 Å². The van der Waals surface area contributed by atoms with Gasteiger partial charge >= 0.3 is 7.82 Å². The first-order valence-corrected chi connectivity index (χ1v) is 5.17. The average molecular weight is 276 g/mol. The third-order valence-corrected chi connectivity index (χ3v) is 1.89. The van der Waals surface area contributed by atoms with Crippen LogP contribution in [0.4, 0.5) is 26.3 Å². The Balaban J connectivity index is 4.83. The fraction of sp³-hybridized carbons (Fsp3) is 1.00. The summed E-state index contributed by atoms with van der Waals surface area (Å²) in [5, 5.41) is 0. The van der Waals surface area contributed by atoms with Gasteiger partial charge in [-0.15, -0.1) is 0 Å². The van der Waals surface area contributed by atoms with E-state index >= 15 is 0 Å². The highest BCUT2D eigenvalue weighted by molar-refractivity contribution is 7.46. The molecule has 16 heavy (non-hydrogen) atoms. The second kappa shape index (κ2) is 5.85. The van der Waals surface area contributed by atoms with Gasteiger partial charge in [-0.2, -0.15) is 0 Å². The van der Waals surface area contributed by atoms with Gasteiger partial charge in [0.1, 0.15) is 6.10 Å². The number of halogens is 6. The van der Waals surface area contributed by atoms with Crippen LogP contribution in [0.25, 0.3) is 0 Å². The summed E-state index contributed by atoms with van der Waals surface area (Å²) in [6, 6.07) is 0. The quantitative estimate of drug-likeness (QED) is 0.572. The zero-order valence-electron chi connectivity index (χ0n) is 7.31. The maximum absolute atomic E-state index is 12.5. The van der Waals surface area contributed by atoms with Gasteiger partial charge in [-0.1, -0.05) is 0 Å². The fourth-order valence-electron chi connectivity index (χ4n) is 0.737. The Labute approximate surface area is 85.4 Å². The minimum Gasteiger partial charge on any atom is -0.303 e. The third kappa shape index (κ3) is 5.15. The van der Waals surface area contributed by atoms with Crippen molar-refractivity contribution in [2.24, 2.45) is 0 Å². The van der Waals surface area contributed by atoms with Crippen LogP contribution in [0.15, 0.2) is 0 Å². The SMILES string of the molecule is O=P(O)(O)OC(C(F)C(F)F)C(F)C(F)F. The summed E-state index contributed by atoms with van der Waals surface area (Å²) in [4.78, 5) is 16.2. The van der Waals surface area contributed by atoms with E-state index in [1.54, 1.807) is 0 Å². The predicted molar refractivity (Wildman–Crippen MR) is 38.7 cm³/mol. The number of alkyl halides is 6. The van der Waals surface area contributed by atoms with Gasteiger partial charge in [-0.25, -0.2) is 30.9 Å². The van der Waals surface area contributed by atoms with Crippen LogP contribution in [0.3, 0.4) is 0 Å². The number of phosphoric ester groups is 1. The molecule has 0 spiro atoms. The summed E-state index contributed by atoms with van der Waals surface area (Å²) >= 11 is 0. The highest BCUT2D eigenvalue weighted by Crippen LogP contribution is 2.41. The lowest BCUT2D eigenvalue weighted by atomic mass is 10.1. The monoisotopic (exact) mass is 276 g/mol. The maximum atomic E-state index is 12.5. The van der Waals surface area contributed by atoms with E-state index in [4.69, 9.17) is 9.79 Å². The second-order valence-corrected chi connectivity index (χ2v) is 3.81. The Bertz CT molecular complexity index is 243. The normalized spacial score (nSPS) is 18.9. The molecule has 0 heterocycles. The van der Waals surface area contributed by atoms with Crippen LogP contribution in [0.1, 0.15) is 0 Å². The van der Waals surface area contributed by atoms with Gasteiger partial charge < -0.3 is 9.79 Å². The third-order valence-electron chi connectivity index (χ3n) is 1.37. The Morgan fingerprint density at radius 3 is 1.38 bits per heavy atom. The minimum absolute atomic E-state index is 3.24. The standard InChI is InChI=1S/C5H7F6O4P/c6-1(4(8)9)3(2(7)5(10)11)15-16(12,13)14/h1-5H,(H2,12,13,14). The van der Waals surface area contributed by atoms with Crippen molar-refractivity contribution in [1.82, 2.24) is 0 Å². The summed E-state index contributed by atoms with van der Waals surface area (Å²) in [5.41, 5.74) is 0. The van der Waals surface area contributed by atoms with Crippen LogP contribution >= 0.6 is 7.82 Å². The minimum atomic E-state index is -5.56. The van der Waals surface area contributed by atoms with Gasteiger partial charge in [-0.3, -0.25) is 4.52 Å². The molecule has 98 valence electrons. The number of phosphoric acid groups is 1. The lowest BCUT2D eigenvalue weighted by Crippen LogP contribution is -2.41. The summed E-state index contributed by atoms with van der Waals surface area (Å²) in [5.74, 6) is 0. The van der Waals surface area contributed by atoms with Crippen LogP contribution in [-0.4, -0.2) is 41.1 Å². The Kier molecular flexibility index (Phi) is 5.74. The van der Waals surface area contributed by atoms with E-state index < -0.39 is 39.1 Å². The van der Waals surface area contributed by atoms with E-state index in [1.165, 1.54) is 0 Å². The van der Waals surface area contributed by atoms with E-state index in [2.05, 4.69) is 4.52 Å². The van der Waals surface area contributed by atoms with Gasteiger partial charge in [0.2, 0.25) is 0 Å². The van der Waals surface area contributed by atoms with Gasteiger partial charge in [0.15, 0.2) is 12.3 Å². The van der Waals surface area contributed by atoms with Crippen LogP contribution in [0, 0.1) is 0 Å². The van der Waals surface area contributed by atoms with Crippen LogP contribution in [0.5, 0.6) is 0 Å². The first kappa shape index (κ1) is 15.7. The summed E-state index contributed by atoms with van der Waals surface area (Å²) in [6.45, 7) is 0. The fourth-order valence-corrected chi connectivity index (χ4v) is 1.29. The van der Waals surface area contributed by atoms with Crippen LogP contribution in [0.2, 0.25) is 0 Å². The molecule has 0 radical (unpaired) electrons. The number of hydrogen-bond donors (Lipinski definition) is 2. The molecule has 0 aromatic carbocycles. The average Bonchev–Trinajstić information content (AvgIpc) is 2.10. The van der Waals surface area contributed by atoms with Gasteiger partial charge in [-0.05, 0) is 0 Å². The lowest BCUT2D eigenvalue weighted by Gasteiger charge is -2.23. The largest absolute Gasteiger partial charge is 0.470 e. The summed E-state index contributed by atoms with van der Waals surface area (Å²) in [7, 11) is -5.56. The number of rotatable bonds is 6. The summed E-state index contributed by atoms with van der Waals surface area (Å²) < 4.78 is 85.5. The Morgan fingerprint density at radius 1 is 0.875 bits per heavy atom. The summed E-state index contributed by atoms with van der Waals surface area (Å²) in [6.07, 6.45) is -18.2. The molecule has 0 rings (SSSR count).